The first-order chi connectivity index (χ1) is 16.0. The van der Waals surface area contributed by atoms with Crippen molar-refractivity contribution in [1.29, 1.82) is 0 Å². The van der Waals surface area contributed by atoms with E-state index in [1.54, 1.807) is 61.7 Å². The number of furan rings is 1. The number of hydrogen-bond donors (Lipinski definition) is 1. The summed E-state index contributed by atoms with van der Waals surface area (Å²) in [4.78, 5) is 36.8. The van der Waals surface area contributed by atoms with E-state index in [0.29, 0.717) is 16.9 Å². The number of carbonyl (C=O) groups is 2. The molecule has 4 aromatic rings. The van der Waals surface area contributed by atoms with Crippen molar-refractivity contribution in [1.82, 2.24) is 5.32 Å². The molecule has 0 bridgehead atoms. The molecular formula is C25H19NO7. The van der Waals surface area contributed by atoms with Crippen LogP contribution >= 0.6 is 0 Å². The van der Waals surface area contributed by atoms with Crippen LogP contribution in [0.5, 0.6) is 11.5 Å². The largest absolute Gasteiger partial charge is 0.497 e. The van der Waals surface area contributed by atoms with E-state index >= 15 is 0 Å². The number of fused-ring (bicyclic) bond motifs is 1. The Hall–Kier alpha value is -4.59. The SMILES string of the molecule is COc1ccc(/C=C/C(=O)Oc2ccc3cc(C(=O)NCc4ccco4)c(=O)oc3c2)cc1. The lowest BCUT2D eigenvalue weighted by Crippen LogP contribution is -2.27. The summed E-state index contributed by atoms with van der Waals surface area (Å²) >= 11 is 0. The summed E-state index contributed by atoms with van der Waals surface area (Å²) in [6.45, 7) is 0.141. The maximum absolute atomic E-state index is 12.3. The molecule has 4 rings (SSSR count). The van der Waals surface area contributed by atoms with Crippen LogP contribution in [0.1, 0.15) is 21.7 Å². The lowest BCUT2D eigenvalue weighted by Gasteiger charge is -2.05. The third-order valence-electron chi connectivity index (χ3n) is 4.70. The van der Waals surface area contributed by atoms with Gasteiger partial charge in [0.25, 0.3) is 5.91 Å². The molecule has 8 nitrogen and oxygen atoms in total. The average molecular weight is 445 g/mol. The van der Waals surface area contributed by atoms with Crippen molar-refractivity contribution >= 4 is 28.9 Å². The number of amides is 1. The van der Waals surface area contributed by atoms with Gasteiger partial charge in [0.15, 0.2) is 0 Å². The van der Waals surface area contributed by atoms with Crippen LogP contribution < -0.4 is 20.4 Å². The minimum atomic E-state index is -0.803. The van der Waals surface area contributed by atoms with Crippen molar-refractivity contribution < 1.29 is 27.9 Å². The molecule has 0 aliphatic heterocycles. The molecule has 0 fully saturated rings. The molecule has 0 radical (unpaired) electrons. The Bertz CT molecular complexity index is 1370. The van der Waals surface area contributed by atoms with Crippen LogP contribution in [0.2, 0.25) is 0 Å². The zero-order chi connectivity index (χ0) is 23.2. The van der Waals surface area contributed by atoms with E-state index < -0.39 is 17.5 Å². The number of hydrogen-bond acceptors (Lipinski definition) is 7. The first-order valence-corrected chi connectivity index (χ1v) is 9.94. The van der Waals surface area contributed by atoms with Crippen molar-refractivity contribution in [3.05, 3.63) is 100 Å². The first-order valence-electron chi connectivity index (χ1n) is 9.94. The van der Waals surface area contributed by atoms with Gasteiger partial charge in [0, 0.05) is 17.5 Å². The second kappa shape index (κ2) is 9.69. The summed E-state index contributed by atoms with van der Waals surface area (Å²) in [6, 6.07) is 16.6. The van der Waals surface area contributed by atoms with E-state index in [2.05, 4.69) is 5.32 Å². The van der Waals surface area contributed by atoms with Gasteiger partial charge in [-0.1, -0.05) is 12.1 Å². The van der Waals surface area contributed by atoms with Gasteiger partial charge in [0.2, 0.25) is 0 Å². The maximum Gasteiger partial charge on any atom is 0.349 e. The molecule has 2 heterocycles. The zero-order valence-electron chi connectivity index (χ0n) is 17.6. The highest BCUT2D eigenvalue weighted by Crippen LogP contribution is 2.21. The Kier molecular flexibility index (Phi) is 6.36. The van der Waals surface area contributed by atoms with Crippen LogP contribution in [0, 0.1) is 0 Å². The van der Waals surface area contributed by atoms with E-state index in [1.165, 1.54) is 24.5 Å². The lowest BCUT2D eigenvalue weighted by atomic mass is 10.1. The van der Waals surface area contributed by atoms with Crippen molar-refractivity contribution in [2.24, 2.45) is 0 Å². The molecule has 2 aromatic carbocycles. The van der Waals surface area contributed by atoms with Crippen molar-refractivity contribution in [3.63, 3.8) is 0 Å². The fourth-order valence-electron chi connectivity index (χ4n) is 3.02. The minimum Gasteiger partial charge on any atom is -0.497 e. The molecule has 33 heavy (non-hydrogen) atoms. The highest BCUT2D eigenvalue weighted by Gasteiger charge is 2.15. The standard InChI is InChI=1S/C25H19NO7/c1-30-18-8-4-16(5-9-18)6-11-23(27)32-19-10-7-17-13-21(25(29)33-22(17)14-19)24(28)26-15-20-3-2-12-31-20/h2-14H,15H2,1H3,(H,26,28)/b11-6+. The molecule has 1 amide bonds. The summed E-state index contributed by atoms with van der Waals surface area (Å²) in [7, 11) is 1.58. The smallest absolute Gasteiger partial charge is 0.349 e. The molecule has 0 saturated heterocycles. The normalized spacial score (nSPS) is 10.9. The van der Waals surface area contributed by atoms with Gasteiger partial charge >= 0.3 is 11.6 Å². The Morgan fingerprint density at radius 2 is 1.82 bits per heavy atom. The molecule has 0 aliphatic carbocycles. The molecule has 0 atom stereocenters. The average Bonchev–Trinajstić information content (AvgIpc) is 3.35. The second-order valence-electron chi connectivity index (χ2n) is 6.94. The van der Waals surface area contributed by atoms with Gasteiger partial charge in [0.05, 0.1) is 19.9 Å². The predicted octanol–water partition coefficient (Wildman–Crippen LogP) is 3.94. The van der Waals surface area contributed by atoms with E-state index in [1.807, 2.05) is 0 Å². The first kappa shape index (κ1) is 21.6. The van der Waals surface area contributed by atoms with E-state index in [4.69, 9.17) is 18.3 Å². The lowest BCUT2D eigenvalue weighted by molar-refractivity contribution is -0.128. The van der Waals surface area contributed by atoms with Crippen molar-refractivity contribution in [2.45, 2.75) is 6.54 Å². The Morgan fingerprint density at radius 3 is 2.55 bits per heavy atom. The number of rotatable bonds is 7. The monoisotopic (exact) mass is 445 g/mol. The Morgan fingerprint density at radius 1 is 1.03 bits per heavy atom. The van der Waals surface area contributed by atoms with Gasteiger partial charge < -0.3 is 23.6 Å². The van der Waals surface area contributed by atoms with Gasteiger partial charge in [-0.05, 0) is 54.1 Å². The van der Waals surface area contributed by atoms with Crippen LogP contribution in [-0.4, -0.2) is 19.0 Å². The van der Waals surface area contributed by atoms with Crippen molar-refractivity contribution in [3.8, 4) is 11.5 Å². The number of esters is 1. The van der Waals surface area contributed by atoms with Crippen LogP contribution in [-0.2, 0) is 11.3 Å². The van der Waals surface area contributed by atoms with Crippen molar-refractivity contribution in [2.75, 3.05) is 7.11 Å². The topological polar surface area (TPSA) is 108 Å². The molecular weight excluding hydrogens is 426 g/mol. The van der Waals surface area contributed by atoms with Crippen LogP contribution in [0.25, 0.3) is 17.0 Å². The zero-order valence-corrected chi connectivity index (χ0v) is 17.6. The quantitative estimate of drug-likeness (QED) is 0.199. The number of carbonyl (C=O) groups excluding carboxylic acids is 2. The van der Waals surface area contributed by atoms with Crippen LogP contribution in [0.15, 0.2) is 86.6 Å². The minimum absolute atomic E-state index is 0.138. The van der Waals surface area contributed by atoms with Crippen LogP contribution in [0.4, 0.5) is 0 Å². The fraction of sp³-hybridized carbons (Fsp3) is 0.0800. The van der Waals surface area contributed by atoms with E-state index in [9.17, 15) is 14.4 Å². The number of methoxy groups -OCH3 is 1. The number of ether oxygens (including phenoxy) is 2. The summed E-state index contributed by atoms with van der Waals surface area (Å²) in [5.74, 6) is 0.291. The Labute approximate surface area is 188 Å². The maximum atomic E-state index is 12.3. The van der Waals surface area contributed by atoms with Crippen LogP contribution in [0.3, 0.4) is 0 Å². The third-order valence-corrected chi connectivity index (χ3v) is 4.70. The molecule has 1 N–H and O–H groups in total. The highest BCUT2D eigenvalue weighted by atomic mass is 16.5. The summed E-state index contributed by atoms with van der Waals surface area (Å²) in [5.41, 5.74) is 0.0469. The molecule has 0 aliphatic rings. The van der Waals surface area contributed by atoms with E-state index in [0.717, 1.165) is 5.56 Å². The summed E-state index contributed by atoms with van der Waals surface area (Å²) in [6.07, 6.45) is 4.39. The predicted molar refractivity (Wildman–Crippen MR) is 120 cm³/mol. The van der Waals surface area contributed by atoms with Gasteiger partial charge in [-0.15, -0.1) is 0 Å². The van der Waals surface area contributed by atoms with Gasteiger partial charge in [0.1, 0.15) is 28.4 Å². The number of nitrogens with one attached hydrogen (secondary N) is 1. The summed E-state index contributed by atoms with van der Waals surface area (Å²) in [5, 5.41) is 3.11. The highest BCUT2D eigenvalue weighted by molar-refractivity contribution is 5.97. The molecule has 8 heteroatoms. The van der Waals surface area contributed by atoms with Gasteiger partial charge in [-0.2, -0.15) is 0 Å². The molecule has 2 aromatic heterocycles. The third kappa shape index (κ3) is 5.37. The summed E-state index contributed by atoms with van der Waals surface area (Å²) < 4.78 is 20.8. The van der Waals surface area contributed by atoms with Gasteiger partial charge in [-0.3, -0.25) is 4.79 Å². The van der Waals surface area contributed by atoms with E-state index in [-0.39, 0.29) is 23.4 Å². The van der Waals surface area contributed by atoms with Gasteiger partial charge in [-0.25, -0.2) is 9.59 Å². The molecule has 0 unspecified atom stereocenters. The molecule has 166 valence electrons. The molecule has 0 spiro atoms. The number of benzene rings is 2. The second-order valence-corrected chi connectivity index (χ2v) is 6.94. The Balaban J connectivity index is 1.44. The fourth-order valence-corrected chi connectivity index (χ4v) is 3.02. The molecule has 0 saturated carbocycles.